The number of aromatic hydroxyl groups is 4. The summed E-state index contributed by atoms with van der Waals surface area (Å²) < 4.78 is 15.5. The van der Waals surface area contributed by atoms with E-state index < -0.39 is 97.4 Å². The monoisotopic (exact) mass is 556 g/mol. The van der Waals surface area contributed by atoms with Crippen LogP contribution in [0.4, 0.5) is 0 Å². The van der Waals surface area contributed by atoms with Crippen molar-refractivity contribution >= 4 is 22.3 Å². The van der Waals surface area contributed by atoms with Gasteiger partial charge in [0.05, 0.1) is 23.8 Å². The lowest BCUT2D eigenvalue weighted by Crippen LogP contribution is -2.58. The van der Waals surface area contributed by atoms with E-state index in [1.54, 1.807) is 0 Å². The molecule has 1 aliphatic carbocycles. The van der Waals surface area contributed by atoms with Gasteiger partial charge < -0.3 is 49.6 Å². The molecule has 4 atom stereocenters. The number of methoxy groups -OCH3 is 1. The summed E-state index contributed by atoms with van der Waals surface area (Å²) in [7, 11) is 1.12. The largest absolute Gasteiger partial charge is 0.507 e. The quantitative estimate of drug-likeness (QED) is 0.179. The van der Waals surface area contributed by atoms with Gasteiger partial charge in [0.25, 0.3) is 0 Å². The molecule has 2 aliphatic rings. The number of hydrogen-bond donors (Lipinski definition) is 7. The number of allylic oxidation sites excluding steroid dienone is 2. The summed E-state index contributed by atoms with van der Waals surface area (Å²) in [5, 5.41) is 76.9. The first-order valence-corrected chi connectivity index (χ1v) is 11.8. The number of aliphatic hydroxyl groups excluding tert-OH is 2. The maximum absolute atomic E-state index is 12.8. The molecule has 5 rings (SSSR count). The lowest BCUT2D eigenvalue weighted by atomic mass is 9.74. The molecule has 0 fully saturated rings. The van der Waals surface area contributed by atoms with Crippen molar-refractivity contribution in [1.82, 2.24) is 0 Å². The van der Waals surface area contributed by atoms with Gasteiger partial charge in [-0.15, -0.1) is 0 Å². The number of carbonyl (C=O) groups is 2. The van der Waals surface area contributed by atoms with Gasteiger partial charge in [-0.2, -0.15) is 0 Å². The molecule has 0 bridgehead atoms. The highest BCUT2D eigenvalue weighted by Gasteiger charge is 2.62. The molecule has 1 unspecified atom stereocenters. The third-order valence-corrected chi connectivity index (χ3v) is 7.71. The predicted molar refractivity (Wildman–Crippen MR) is 134 cm³/mol. The Morgan fingerprint density at radius 2 is 1.68 bits per heavy atom. The molecule has 3 aromatic rings. The minimum atomic E-state index is -2.60. The van der Waals surface area contributed by atoms with Crippen molar-refractivity contribution in [3.8, 4) is 28.7 Å². The summed E-state index contributed by atoms with van der Waals surface area (Å²) in [6, 6.07) is 2.46. The van der Waals surface area contributed by atoms with E-state index in [0.29, 0.717) is 0 Å². The van der Waals surface area contributed by atoms with Crippen LogP contribution in [-0.2, 0) is 4.74 Å². The molecule has 7 N–H and O–H groups in total. The minimum absolute atomic E-state index is 0.0525. The highest BCUT2D eigenvalue weighted by Crippen LogP contribution is 2.60. The number of carbonyl (C=O) groups excluding carboxylic acids is 2. The molecule has 13 heteroatoms. The number of benzene rings is 2. The van der Waals surface area contributed by atoms with E-state index >= 15 is 0 Å². The second kappa shape index (κ2) is 8.45. The Bertz CT molecular complexity index is 1750. The van der Waals surface area contributed by atoms with E-state index in [0.717, 1.165) is 33.1 Å². The van der Waals surface area contributed by atoms with Gasteiger partial charge in [0.15, 0.2) is 40.1 Å². The first-order chi connectivity index (χ1) is 18.6. The van der Waals surface area contributed by atoms with Gasteiger partial charge >= 0.3 is 5.63 Å². The van der Waals surface area contributed by atoms with Crippen molar-refractivity contribution in [3.63, 3.8) is 0 Å². The summed E-state index contributed by atoms with van der Waals surface area (Å²) in [5.41, 5.74) is -8.16. The summed E-state index contributed by atoms with van der Waals surface area (Å²) in [6.07, 6.45) is -3.37. The second-order valence-electron chi connectivity index (χ2n) is 10.0. The third kappa shape index (κ3) is 3.28. The summed E-state index contributed by atoms with van der Waals surface area (Å²) in [6.45, 7) is 3.57. The molecule has 1 aliphatic heterocycles. The van der Waals surface area contributed by atoms with Crippen LogP contribution in [0.25, 0.3) is 10.8 Å². The topological polar surface area (TPSA) is 224 Å². The fraction of sp³-hybridized carbons (Fsp3) is 0.296. The number of ketones is 2. The predicted octanol–water partition coefficient (Wildman–Crippen LogP) is 1.50. The van der Waals surface area contributed by atoms with E-state index in [2.05, 4.69) is 0 Å². The van der Waals surface area contributed by atoms with Crippen molar-refractivity contribution in [3.05, 3.63) is 62.4 Å². The maximum Gasteiger partial charge on any atom is 0.347 e. The molecular weight excluding hydrogens is 532 g/mol. The molecule has 0 saturated heterocycles. The number of phenols is 4. The van der Waals surface area contributed by atoms with Crippen molar-refractivity contribution in [2.45, 2.75) is 44.2 Å². The molecule has 2 heterocycles. The lowest BCUT2D eigenvalue weighted by molar-refractivity contribution is -0.203. The highest BCUT2D eigenvalue weighted by atomic mass is 16.6. The van der Waals surface area contributed by atoms with E-state index in [-0.39, 0.29) is 16.5 Å². The van der Waals surface area contributed by atoms with Crippen molar-refractivity contribution in [2.75, 3.05) is 7.11 Å². The fourth-order valence-electron chi connectivity index (χ4n) is 5.25. The fourth-order valence-corrected chi connectivity index (χ4v) is 5.25. The number of fused-ring (bicyclic) bond motifs is 3. The molecule has 40 heavy (non-hydrogen) atoms. The number of Topliss-reactive ketones (excluding diaryl/α,β-unsaturated/α-hetero) is 1. The molecule has 0 spiro atoms. The Morgan fingerprint density at radius 1 is 1.02 bits per heavy atom. The third-order valence-electron chi connectivity index (χ3n) is 7.71. The van der Waals surface area contributed by atoms with Gasteiger partial charge in [-0.05, 0) is 38.3 Å². The first kappa shape index (κ1) is 27.0. The Balaban J connectivity index is 1.66. The molecule has 13 nitrogen and oxygen atoms in total. The number of aliphatic hydroxyl groups is 3. The Hall–Kier alpha value is -4.59. The number of phenolic OH excluding ortho intramolecular Hbond substituents is 4. The number of hydrogen-bond acceptors (Lipinski definition) is 13. The number of rotatable bonds is 4. The van der Waals surface area contributed by atoms with Crippen LogP contribution in [0.5, 0.6) is 28.7 Å². The Kier molecular flexibility index (Phi) is 5.70. The van der Waals surface area contributed by atoms with Crippen LogP contribution < -0.4 is 10.4 Å². The summed E-state index contributed by atoms with van der Waals surface area (Å²) in [5.74, 6) is -6.51. The van der Waals surface area contributed by atoms with E-state index in [1.807, 2.05) is 0 Å². The van der Waals surface area contributed by atoms with E-state index in [1.165, 1.54) is 13.0 Å². The number of aryl methyl sites for hydroxylation is 1. The van der Waals surface area contributed by atoms with Crippen molar-refractivity contribution in [1.29, 1.82) is 0 Å². The summed E-state index contributed by atoms with van der Waals surface area (Å²) in [4.78, 5) is 37.7. The van der Waals surface area contributed by atoms with Crippen LogP contribution in [0.3, 0.4) is 0 Å². The normalized spacial score (nSPS) is 22.3. The van der Waals surface area contributed by atoms with Crippen LogP contribution in [0.2, 0.25) is 0 Å². The second-order valence-corrected chi connectivity index (χ2v) is 10.0. The van der Waals surface area contributed by atoms with Gasteiger partial charge in [-0.1, -0.05) is 0 Å². The van der Waals surface area contributed by atoms with E-state index in [9.17, 15) is 50.1 Å². The van der Waals surface area contributed by atoms with Gasteiger partial charge in [0.1, 0.15) is 34.7 Å². The van der Waals surface area contributed by atoms with Crippen LogP contribution in [0, 0.1) is 6.92 Å². The van der Waals surface area contributed by atoms with Crippen LogP contribution >= 0.6 is 0 Å². The zero-order valence-electron chi connectivity index (χ0n) is 21.5. The average Bonchev–Trinajstić information content (AvgIpc) is 3.17. The van der Waals surface area contributed by atoms with E-state index in [4.69, 9.17) is 13.9 Å². The molecule has 2 aromatic carbocycles. The maximum atomic E-state index is 12.8. The van der Waals surface area contributed by atoms with Crippen LogP contribution in [0.15, 0.2) is 33.2 Å². The molecular formula is C27H24O13. The molecule has 0 radical (unpaired) electrons. The highest BCUT2D eigenvalue weighted by molar-refractivity contribution is 6.26. The zero-order valence-corrected chi connectivity index (χ0v) is 21.5. The van der Waals surface area contributed by atoms with Crippen molar-refractivity contribution < 1.29 is 59.2 Å². The van der Waals surface area contributed by atoms with Gasteiger partial charge in [-0.25, -0.2) is 4.79 Å². The van der Waals surface area contributed by atoms with Crippen molar-refractivity contribution in [2.24, 2.45) is 0 Å². The van der Waals surface area contributed by atoms with Gasteiger partial charge in [0.2, 0.25) is 5.78 Å². The van der Waals surface area contributed by atoms with Gasteiger partial charge in [-0.3, -0.25) is 9.59 Å². The smallest absolute Gasteiger partial charge is 0.347 e. The SMILES string of the molecule is COC1=CC(=O)c2c(O)c3c(c(O)c2C1=O)O[C@](C)([C@](C)(O)[C@H](O)c1cc2cc(C)oc(=O)c2c(O)c1O)C3O. The molecule has 0 amide bonds. The molecule has 210 valence electrons. The zero-order chi connectivity index (χ0) is 29.6. The van der Waals surface area contributed by atoms with Gasteiger partial charge in [0, 0.05) is 11.6 Å². The first-order valence-electron chi connectivity index (χ1n) is 11.8. The Labute approximate surface area is 224 Å². The molecule has 1 aromatic heterocycles. The Morgan fingerprint density at radius 3 is 2.30 bits per heavy atom. The summed E-state index contributed by atoms with van der Waals surface area (Å²) >= 11 is 0. The number of ether oxygens (including phenoxy) is 2. The minimum Gasteiger partial charge on any atom is -0.507 e. The molecule has 0 saturated carbocycles. The van der Waals surface area contributed by atoms with Crippen LogP contribution in [0.1, 0.15) is 63.7 Å². The lowest BCUT2D eigenvalue weighted by Gasteiger charge is -2.44. The van der Waals surface area contributed by atoms with Crippen LogP contribution in [-0.4, -0.2) is 65.6 Å². The average molecular weight is 556 g/mol. The standard InChI is InChI=1S/C27H24O13/c1-8-5-9-6-10(17(29)20(32)13(9)25(36)39-8)23(34)26(2,37)27(3)24(35)16-19(31)14-11(28)7-12(38-4)18(30)15(14)21(33)22(16)40-27/h5-7,23-24,29,31-35,37H,1-4H3/t23-,24?,26-,27+/m1/s1.